The second kappa shape index (κ2) is 8.95. The predicted octanol–water partition coefficient (Wildman–Crippen LogP) is 4.81. The summed E-state index contributed by atoms with van der Waals surface area (Å²) >= 11 is 1.51. The molecule has 0 bridgehead atoms. The van der Waals surface area contributed by atoms with Crippen LogP contribution in [0.1, 0.15) is 11.1 Å². The molecule has 0 atom stereocenters. The first kappa shape index (κ1) is 21.6. The molecule has 5 aromatic rings. The van der Waals surface area contributed by atoms with E-state index in [9.17, 15) is 8.42 Å². The third-order valence-corrected chi connectivity index (χ3v) is 7.11. The van der Waals surface area contributed by atoms with E-state index in [2.05, 4.69) is 10.3 Å². The quantitative estimate of drug-likeness (QED) is 0.309. The van der Waals surface area contributed by atoms with Crippen molar-refractivity contribution >= 4 is 42.5 Å². The summed E-state index contributed by atoms with van der Waals surface area (Å²) < 4.78 is 35.4. The molecular formula is C24H21N3O4S2. The zero-order chi connectivity index (χ0) is 22.8. The molecule has 0 amide bonds. The molecule has 2 heterocycles. The molecule has 0 aliphatic heterocycles. The van der Waals surface area contributed by atoms with Crippen molar-refractivity contribution in [1.82, 2.24) is 10.3 Å². The number of fused-ring (bicyclic) bond motifs is 2. The molecule has 33 heavy (non-hydrogen) atoms. The Morgan fingerprint density at radius 2 is 1.88 bits per heavy atom. The van der Waals surface area contributed by atoms with Gasteiger partial charge < -0.3 is 14.5 Å². The number of sulfonamides is 1. The number of nitrogens with zero attached hydrogens (tertiary/aromatic N) is 1. The lowest BCUT2D eigenvalue weighted by Gasteiger charge is -2.05. The number of aromatic nitrogens is 1. The predicted molar refractivity (Wildman–Crippen MR) is 129 cm³/mol. The van der Waals surface area contributed by atoms with Gasteiger partial charge in [0.05, 0.1) is 21.4 Å². The zero-order valence-electron chi connectivity index (χ0n) is 17.5. The van der Waals surface area contributed by atoms with Crippen LogP contribution in [-0.4, -0.2) is 19.9 Å². The highest BCUT2D eigenvalue weighted by atomic mass is 32.2. The van der Waals surface area contributed by atoms with Crippen LogP contribution < -0.4 is 15.2 Å². The van der Waals surface area contributed by atoms with E-state index in [-0.39, 0.29) is 4.90 Å². The van der Waals surface area contributed by atoms with Crippen molar-refractivity contribution in [2.75, 3.05) is 6.54 Å². The van der Waals surface area contributed by atoms with Crippen LogP contribution in [0.25, 0.3) is 21.2 Å². The molecule has 9 heteroatoms. The van der Waals surface area contributed by atoms with Crippen molar-refractivity contribution in [2.45, 2.75) is 17.9 Å². The van der Waals surface area contributed by atoms with E-state index >= 15 is 0 Å². The number of nitrogens with one attached hydrogen (secondary N) is 1. The van der Waals surface area contributed by atoms with Gasteiger partial charge in [0.25, 0.3) is 5.19 Å². The van der Waals surface area contributed by atoms with Gasteiger partial charge in [-0.2, -0.15) is 0 Å². The maximum atomic E-state index is 11.3. The Balaban J connectivity index is 1.19. The third-order valence-electron chi connectivity index (χ3n) is 5.26. The van der Waals surface area contributed by atoms with Gasteiger partial charge in [0, 0.05) is 23.6 Å². The Morgan fingerprint density at radius 1 is 1.06 bits per heavy atom. The van der Waals surface area contributed by atoms with E-state index < -0.39 is 10.0 Å². The fourth-order valence-electron chi connectivity index (χ4n) is 3.56. The molecule has 5 rings (SSSR count). The van der Waals surface area contributed by atoms with Gasteiger partial charge in [-0.15, -0.1) is 0 Å². The fraction of sp³-hybridized carbons (Fsp3) is 0.125. The minimum atomic E-state index is -3.66. The summed E-state index contributed by atoms with van der Waals surface area (Å²) in [5, 5.41) is 10.2. The summed E-state index contributed by atoms with van der Waals surface area (Å²) in [6.45, 7) is 1.39. The number of furan rings is 1. The van der Waals surface area contributed by atoms with E-state index in [0.29, 0.717) is 17.5 Å². The van der Waals surface area contributed by atoms with E-state index in [0.717, 1.165) is 45.3 Å². The van der Waals surface area contributed by atoms with Crippen molar-refractivity contribution in [2.24, 2.45) is 5.14 Å². The van der Waals surface area contributed by atoms with Crippen molar-refractivity contribution in [3.8, 4) is 10.9 Å². The minimum Gasteiger partial charge on any atom is -0.464 e. The van der Waals surface area contributed by atoms with Crippen molar-refractivity contribution in [3.05, 3.63) is 84.1 Å². The van der Waals surface area contributed by atoms with Crippen LogP contribution in [0.4, 0.5) is 0 Å². The summed E-state index contributed by atoms with van der Waals surface area (Å²) in [6.07, 6.45) is 2.51. The normalized spacial score (nSPS) is 11.9. The Labute approximate surface area is 194 Å². The molecular weight excluding hydrogens is 458 g/mol. The second-order valence-electron chi connectivity index (χ2n) is 7.58. The lowest BCUT2D eigenvalue weighted by molar-refractivity contribution is 0.479. The zero-order valence-corrected chi connectivity index (χ0v) is 19.2. The first-order valence-corrected chi connectivity index (χ1v) is 12.7. The highest BCUT2D eigenvalue weighted by molar-refractivity contribution is 7.89. The molecule has 0 unspecified atom stereocenters. The topological polar surface area (TPSA) is 107 Å². The molecule has 0 aliphatic carbocycles. The number of ether oxygens (including phenoxy) is 1. The summed E-state index contributed by atoms with van der Waals surface area (Å²) in [5.41, 5.74) is 3.76. The molecule has 7 nitrogen and oxygen atoms in total. The number of nitrogens with two attached hydrogens (primary N) is 1. The van der Waals surface area contributed by atoms with E-state index in [1.165, 1.54) is 23.5 Å². The van der Waals surface area contributed by atoms with Gasteiger partial charge in [-0.25, -0.2) is 18.5 Å². The van der Waals surface area contributed by atoms with Crippen LogP contribution in [0.2, 0.25) is 0 Å². The Bertz CT molecular complexity index is 1490. The van der Waals surface area contributed by atoms with E-state index in [1.54, 1.807) is 18.4 Å². The summed E-state index contributed by atoms with van der Waals surface area (Å²) in [6, 6.07) is 20.3. The van der Waals surface area contributed by atoms with Gasteiger partial charge in [0.2, 0.25) is 10.0 Å². The molecule has 2 aromatic heterocycles. The summed E-state index contributed by atoms with van der Waals surface area (Å²) in [7, 11) is -3.66. The highest BCUT2D eigenvalue weighted by Crippen LogP contribution is 2.33. The molecule has 0 spiro atoms. The summed E-state index contributed by atoms with van der Waals surface area (Å²) in [5.74, 6) is 0.679. The largest absolute Gasteiger partial charge is 0.464 e. The average molecular weight is 480 g/mol. The number of hydrogen-bond acceptors (Lipinski definition) is 7. The van der Waals surface area contributed by atoms with Gasteiger partial charge in [-0.3, -0.25) is 0 Å². The maximum absolute atomic E-state index is 11.3. The number of hydrogen-bond donors (Lipinski definition) is 2. The van der Waals surface area contributed by atoms with Crippen LogP contribution in [0.15, 0.2) is 82.3 Å². The first-order chi connectivity index (χ1) is 16.0. The van der Waals surface area contributed by atoms with Crippen molar-refractivity contribution in [1.29, 1.82) is 0 Å². The molecule has 0 saturated heterocycles. The van der Waals surface area contributed by atoms with Gasteiger partial charge in [0.1, 0.15) is 11.3 Å². The first-order valence-electron chi connectivity index (χ1n) is 10.3. The standard InChI is InChI=1S/C24H21N3O4S2/c25-33(28,29)19-8-5-16(6-9-19)11-12-26-14-17-15-30-22-13-18(7-10-20(17)22)31-24-27-21-3-1-2-4-23(21)32-24/h1-10,13,15,26H,11-12,14H2,(H2,25,28,29). The summed E-state index contributed by atoms with van der Waals surface area (Å²) in [4.78, 5) is 4.63. The Morgan fingerprint density at radius 3 is 2.67 bits per heavy atom. The Hall–Kier alpha value is -3.24. The van der Waals surface area contributed by atoms with Crippen LogP contribution >= 0.6 is 11.3 Å². The molecule has 0 saturated carbocycles. The number of benzene rings is 3. The van der Waals surface area contributed by atoms with Gasteiger partial charge in [-0.05, 0) is 54.9 Å². The molecule has 0 aliphatic rings. The fourth-order valence-corrected chi connectivity index (χ4v) is 4.91. The smallest absolute Gasteiger partial charge is 0.279 e. The minimum absolute atomic E-state index is 0.121. The van der Waals surface area contributed by atoms with Gasteiger partial charge in [0.15, 0.2) is 0 Å². The molecule has 168 valence electrons. The number of rotatable bonds is 8. The highest BCUT2D eigenvalue weighted by Gasteiger charge is 2.10. The SMILES string of the molecule is NS(=O)(=O)c1ccc(CCNCc2coc3cc(Oc4nc5ccccc5s4)ccc23)cc1. The van der Waals surface area contributed by atoms with Gasteiger partial charge in [-0.1, -0.05) is 35.6 Å². The lowest BCUT2D eigenvalue weighted by atomic mass is 10.1. The third kappa shape index (κ3) is 4.91. The van der Waals surface area contributed by atoms with Crippen molar-refractivity contribution < 1.29 is 17.6 Å². The molecule has 3 aromatic carbocycles. The van der Waals surface area contributed by atoms with Crippen LogP contribution in [-0.2, 0) is 23.0 Å². The monoisotopic (exact) mass is 479 g/mol. The van der Waals surface area contributed by atoms with E-state index in [1.807, 2.05) is 42.5 Å². The molecule has 0 fully saturated rings. The molecule has 3 N–H and O–H groups in total. The van der Waals surface area contributed by atoms with Crippen LogP contribution in [0, 0.1) is 0 Å². The number of para-hydroxylation sites is 1. The average Bonchev–Trinajstić information content (AvgIpc) is 3.39. The maximum Gasteiger partial charge on any atom is 0.279 e. The van der Waals surface area contributed by atoms with Crippen LogP contribution in [0.3, 0.4) is 0 Å². The Kier molecular flexibility index (Phi) is 5.86. The van der Waals surface area contributed by atoms with Crippen LogP contribution in [0.5, 0.6) is 10.9 Å². The van der Waals surface area contributed by atoms with Crippen molar-refractivity contribution in [3.63, 3.8) is 0 Å². The lowest BCUT2D eigenvalue weighted by Crippen LogP contribution is -2.16. The number of primary sulfonamides is 1. The van der Waals surface area contributed by atoms with Gasteiger partial charge >= 0.3 is 0 Å². The number of thiazole rings is 1. The second-order valence-corrected chi connectivity index (χ2v) is 10.1. The van der Waals surface area contributed by atoms with E-state index in [4.69, 9.17) is 14.3 Å². The molecule has 0 radical (unpaired) electrons.